The smallest absolute Gasteiger partial charge is 0.137 e. The van der Waals surface area contributed by atoms with Crippen LogP contribution in [-0.4, -0.2) is 14.8 Å². The van der Waals surface area contributed by atoms with Gasteiger partial charge in [0.15, 0.2) is 0 Å². The zero-order valence-corrected chi connectivity index (χ0v) is 7.90. The second kappa shape index (κ2) is 4.91. The van der Waals surface area contributed by atoms with Crippen LogP contribution in [0, 0.1) is 0 Å². The van der Waals surface area contributed by atoms with Gasteiger partial charge in [-0.2, -0.15) is 5.10 Å². The number of aromatic nitrogens is 3. The minimum Gasteiger partial charge on any atom is -0.250 e. The molecule has 0 aliphatic carbocycles. The molecule has 1 aromatic rings. The van der Waals surface area contributed by atoms with Crippen molar-refractivity contribution in [1.82, 2.24) is 14.8 Å². The summed E-state index contributed by atoms with van der Waals surface area (Å²) in [6.45, 7) is 4.41. The van der Waals surface area contributed by atoms with Gasteiger partial charge < -0.3 is 0 Å². The number of unbranched alkanes of at least 4 members (excludes halogenated alkanes) is 2. The minimum absolute atomic E-state index is 0.499. The molecule has 1 rings (SSSR count). The summed E-state index contributed by atoms with van der Waals surface area (Å²) in [4.78, 5) is 3.92. The fraction of sp³-hybridized carbons (Fsp3) is 0.778. The van der Waals surface area contributed by atoms with Gasteiger partial charge in [0.1, 0.15) is 12.7 Å². The molecule has 0 N–H and O–H groups in total. The maximum absolute atomic E-state index is 4.10. The highest BCUT2D eigenvalue weighted by Crippen LogP contribution is 2.12. The van der Waals surface area contributed by atoms with Gasteiger partial charge in [0.05, 0.1) is 6.04 Å². The Hall–Kier alpha value is -0.860. The standard InChI is InChI=1S/C9H17N3/c1-3-4-5-6-9(2)12-8-10-7-11-12/h7-9H,3-6H2,1-2H3/t9-/m1/s1. The largest absolute Gasteiger partial charge is 0.250 e. The molecule has 3 nitrogen and oxygen atoms in total. The number of hydrogen-bond acceptors (Lipinski definition) is 2. The molecule has 0 amide bonds. The van der Waals surface area contributed by atoms with Crippen LogP contribution in [0.15, 0.2) is 12.7 Å². The predicted molar refractivity (Wildman–Crippen MR) is 48.9 cm³/mol. The van der Waals surface area contributed by atoms with E-state index in [0.29, 0.717) is 6.04 Å². The van der Waals surface area contributed by atoms with Crippen LogP contribution < -0.4 is 0 Å². The molecular weight excluding hydrogens is 150 g/mol. The molecular formula is C9H17N3. The summed E-state index contributed by atoms with van der Waals surface area (Å²) in [6.07, 6.45) is 8.48. The second-order valence-corrected chi connectivity index (χ2v) is 3.22. The van der Waals surface area contributed by atoms with Crippen molar-refractivity contribution >= 4 is 0 Å². The van der Waals surface area contributed by atoms with Crippen LogP contribution >= 0.6 is 0 Å². The third-order valence-corrected chi connectivity index (χ3v) is 2.11. The van der Waals surface area contributed by atoms with E-state index >= 15 is 0 Å². The van der Waals surface area contributed by atoms with E-state index in [2.05, 4.69) is 23.9 Å². The molecule has 3 heteroatoms. The van der Waals surface area contributed by atoms with Gasteiger partial charge in [0.25, 0.3) is 0 Å². The molecule has 1 aromatic heterocycles. The van der Waals surface area contributed by atoms with Gasteiger partial charge in [-0.25, -0.2) is 4.98 Å². The molecule has 68 valence electrons. The maximum atomic E-state index is 4.10. The van der Waals surface area contributed by atoms with Crippen molar-refractivity contribution in [2.75, 3.05) is 0 Å². The molecule has 0 aliphatic rings. The molecule has 0 aromatic carbocycles. The van der Waals surface area contributed by atoms with E-state index < -0.39 is 0 Å². The first-order valence-corrected chi connectivity index (χ1v) is 4.68. The fourth-order valence-corrected chi connectivity index (χ4v) is 1.27. The lowest BCUT2D eigenvalue weighted by molar-refractivity contribution is 0.437. The van der Waals surface area contributed by atoms with Crippen LogP contribution in [-0.2, 0) is 0 Å². The summed E-state index contributed by atoms with van der Waals surface area (Å²) in [5.74, 6) is 0. The van der Waals surface area contributed by atoms with Gasteiger partial charge in [0, 0.05) is 0 Å². The van der Waals surface area contributed by atoms with Crippen molar-refractivity contribution in [3.05, 3.63) is 12.7 Å². The van der Waals surface area contributed by atoms with E-state index in [-0.39, 0.29) is 0 Å². The molecule has 1 heterocycles. The van der Waals surface area contributed by atoms with Gasteiger partial charge in [-0.1, -0.05) is 26.2 Å². The summed E-state index contributed by atoms with van der Waals surface area (Å²) >= 11 is 0. The zero-order chi connectivity index (χ0) is 8.81. The minimum atomic E-state index is 0.499. The first-order valence-electron chi connectivity index (χ1n) is 4.68. The summed E-state index contributed by atoms with van der Waals surface area (Å²) in [5.41, 5.74) is 0. The van der Waals surface area contributed by atoms with Crippen molar-refractivity contribution < 1.29 is 0 Å². The number of nitrogens with zero attached hydrogens (tertiary/aromatic N) is 3. The molecule has 0 radical (unpaired) electrons. The lowest BCUT2D eigenvalue weighted by Crippen LogP contribution is -2.05. The molecule has 0 spiro atoms. The Morgan fingerprint density at radius 2 is 2.25 bits per heavy atom. The van der Waals surface area contributed by atoms with Crippen LogP contribution in [0.2, 0.25) is 0 Å². The molecule has 0 saturated carbocycles. The van der Waals surface area contributed by atoms with Crippen molar-refractivity contribution in [2.45, 2.75) is 45.6 Å². The van der Waals surface area contributed by atoms with Crippen LogP contribution in [0.5, 0.6) is 0 Å². The van der Waals surface area contributed by atoms with Gasteiger partial charge >= 0.3 is 0 Å². The van der Waals surface area contributed by atoms with E-state index in [0.717, 1.165) is 0 Å². The summed E-state index contributed by atoms with van der Waals surface area (Å²) < 4.78 is 1.93. The number of rotatable bonds is 5. The van der Waals surface area contributed by atoms with Gasteiger partial charge in [-0.3, -0.25) is 4.68 Å². The molecule has 0 bridgehead atoms. The van der Waals surface area contributed by atoms with Gasteiger partial charge in [-0.05, 0) is 13.3 Å². The van der Waals surface area contributed by atoms with Gasteiger partial charge in [-0.15, -0.1) is 0 Å². The van der Waals surface area contributed by atoms with Crippen molar-refractivity contribution in [3.8, 4) is 0 Å². The average Bonchev–Trinajstić information content (AvgIpc) is 2.56. The Kier molecular flexibility index (Phi) is 3.77. The molecule has 1 atom stereocenters. The lowest BCUT2D eigenvalue weighted by Gasteiger charge is -2.09. The monoisotopic (exact) mass is 167 g/mol. The van der Waals surface area contributed by atoms with Crippen LogP contribution in [0.3, 0.4) is 0 Å². The normalized spacial score (nSPS) is 13.2. The summed E-state index contributed by atoms with van der Waals surface area (Å²) in [6, 6.07) is 0.499. The Labute approximate surface area is 73.8 Å². The molecule has 0 saturated heterocycles. The Morgan fingerprint density at radius 1 is 1.42 bits per heavy atom. The molecule has 0 fully saturated rings. The van der Waals surface area contributed by atoms with Crippen molar-refractivity contribution in [1.29, 1.82) is 0 Å². The first-order chi connectivity index (χ1) is 5.84. The van der Waals surface area contributed by atoms with E-state index in [1.807, 2.05) is 4.68 Å². The molecule has 0 unspecified atom stereocenters. The van der Waals surface area contributed by atoms with E-state index in [1.165, 1.54) is 25.7 Å². The van der Waals surface area contributed by atoms with Crippen LogP contribution in [0.1, 0.15) is 45.6 Å². The third-order valence-electron chi connectivity index (χ3n) is 2.11. The van der Waals surface area contributed by atoms with Gasteiger partial charge in [0.2, 0.25) is 0 Å². The quantitative estimate of drug-likeness (QED) is 0.630. The second-order valence-electron chi connectivity index (χ2n) is 3.22. The van der Waals surface area contributed by atoms with E-state index in [4.69, 9.17) is 0 Å². The lowest BCUT2D eigenvalue weighted by atomic mass is 10.1. The Bertz CT molecular complexity index is 194. The average molecular weight is 167 g/mol. The van der Waals surface area contributed by atoms with E-state index in [1.54, 1.807) is 12.7 Å². The fourth-order valence-electron chi connectivity index (χ4n) is 1.27. The predicted octanol–water partition coefficient (Wildman–Crippen LogP) is 2.42. The molecule has 0 aliphatic heterocycles. The SMILES string of the molecule is CCCCC[C@@H](C)n1cncn1. The van der Waals surface area contributed by atoms with E-state index in [9.17, 15) is 0 Å². The Morgan fingerprint density at radius 3 is 2.83 bits per heavy atom. The summed E-state index contributed by atoms with van der Waals surface area (Å²) in [7, 11) is 0. The van der Waals surface area contributed by atoms with Crippen molar-refractivity contribution in [3.63, 3.8) is 0 Å². The van der Waals surface area contributed by atoms with Crippen LogP contribution in [0.4, 0.5) is 0 Å². The molecule has 12 heavy (non-hydrogen) atoms. The number of hydrogen-bond donors (Lipinski definition) is 0. The highest BCUT2D eigenvalue weighted by molar-refractivity contribution is 4.64. The zero-order valence-electron chi connectivity index (χ0n) is 7.90. The first kappa shape index (κ1) is 9.23. The topological polar surface area (TPSA) is 30.7 Å². The highest BCUT2D eigenvalue weighted by Gasteiger charge is 2.02. The van der Waals surface area contributed by atoms with Crippen molar-refractivity contribution in [2.24, 2.45) is 0 Å². The highest BCUT2D eigenvalue weighted by atomic mass is 15.3. The maximum Gasteiger partial charge on any atom is 0.137 e. The third kappa shape index (κ3) is 2.64. The summed E-state index contributed by atoms with van der Waals surface area (Å²) in [5, 5.41) is 4.10. The van der Waals surface area contributed by atoms with Crippen LogP contribution in [0.25, 0.3) is 0 Å². The Balaban J connectivity index is 2.25.